The zero-order chi connectivity index (χ0) is 16.4. The molecule has 0 atom stereocenters. The minimum absolute atomic E-state index is 0.0833. The third kappa shape index (κ3) is 3.25. The zero-order valence-corrected chi connectivity index (χ0v) is 13.1. The molecule has 0 spiro atoms. The molecule has 1 fully saturated rings. The maximum atomic E-state index is 13.0. The molecule has 0 bridgehead atoms. The van der Waals surface area contributed by atoms with E-state index in [1.165, 1.54) is 28.6 Å². The Morgan fingerprint density at radius 3 is 2.26 bits per heavy atom. The Kier molecular flexibility index (Phi) is 4.14. The summed E-state index contributed by atoms with van der Waals surface area (Å²) in [7, 11) is -3.92. The lowest BCUT2D eigenvalue weighted by Crippen LogP contribution is -2.33. The first-order valence-electron chi connectivity index (χ1n) is 7.29. The molecule has 1 aliphatic rings. The first-order chi connectivity index (χ1) is 11.0. The maximum absolute atomic E-state index is 13.0. The average molecular weight is 332 g/mol. The molecule has 2 aromatic rings. The number of rotatable bonds is 6. The van der Waals surface area contributed by atoms with Crippen LogP contribution in [0.5, 0.6) is 0 Å². The average Bonchev–Trinajstić information content (AvgIpc) is 3.38. The summed E-state index contributed by atoms with van der Waals surface area (Å²) in [6.45, 7) is 0.222. The van der Waals surface area contributed by atoms with Gasteiger partial charge in [0.2, 0.25) is 10.0 Å². The van der Waals surface area contributed by atoms with Crippen LogP contribution in [0.25, 0.3) is 0 Å². The molecule has 1 saturated carbocycles. The van der Waals surface area contributed by atoms with Crippen LogP contribution in [0.1, 0.15) is 18.4 Å². The first-order valence-corrected chi connectivity index (χ1v) is 8.73. The van der Waals surface area contributed by atoms with Gasteiger partial charge in [-0.05, 0) is 24.5 Å². The van der Waals surface area contributed by atoms with Gasteiger partial charge in [-0.2, -0.15) is 4.31 Å². The highest BCUT2D eigenvalue weighted by Gasteiger charge is 2.40. The van der Waals surface area contributed by atoms with Gasteiger partial charge in [-0.15, -0.1) is 0 Å². The van der Waals surface area contributed by atoms with Gasteiger partial charge in [0.05, 0.1) is 4.92 Å². The van der Waals surface area contributed by atoms with E-state index in [2.05, 4.69) is 0 Å². The van der Waals surface area contributed by atoms with Crippen molar-refractivity contribution in [3.8, 4) is 0 Å². The van der Waals surface area contributed by atoms with Crippen LogP contribution < -0.4 is 0 Å². The SMILES string of the molecule is O=[N+]([O-])c1ccccc1S(=O)(=O)N(Cc1ccccc1)C1CC1. The van der Waals surface area contributed by atoms with Gasteiger partial charge in [0, 0.05) is 18.7 Å². The van der Waals surface area contributed by atoms with E-state index < -0.39 is 14.9 Å². The highest BCUT2D eigenvalue weighted by Crippen LogP contribution is 2.36. The van der Waals surface area contributed by atoms with Crippen LogP contribution in [-0.4, -0.2) is 23.7 Å². The van der Waals surface area contributed by atoms with E-state index in [4.69, 9.17) is 0 Å². The van der Waals surface area contributed by atoms with Gasteiger partial charge in [0.25, 0.3) is 5.69 Å². The van der Waals surface area contributed by atoms with E-state index in [1.807, 2.05) is 30.3 Å². The number of para-hydroxylation sites is 1. The summed E-state index contributed by atoms with van der Waals surface area (Å²) in [5.41, 5.74) is 0.479. The Balaban J connectivity index is 2.00. The molecule has 0 unspecified atom stereocenters. The molecule has 0 amide bonds. The molecule has 0 saturated heterocycles. The van der Waals surface area contributed by atoms with E-state index in [-0.39, 0.29) is 23.2 Å². The molecule has 23 heavy (non-hydrogen) atoms. The van der Waals surface area contributed by atoms with Crippen molar-refractivity contribution in [3.05, 3.63) is 70.3 Å². The summed E-state index contributed by atoms with van der Waals surface area (Å²) in [4.78, 5) is 10.3. The highest BCUT2D eigenvalue weighted by molar-refractivity contribution is 7.89. The smallest absolute Gasteiger partial charge is 0.258 e. The molecule has 0 N–H and O–H groups in total. The van der Waals surface area contributed by atoms with Gasteiger partial charge in [-0.1, -0.05) is 42.5 Å². The fourth-order valence-corrected chi connectivity index (χ4v) is 4.32. The quantitative estimate of drug-likeness (QED) is 0.601. The molecule has 3 rings (SSSR count). The molecular formula is C16H16N2O4S. The van der Waals surface area contributed by atoms with Crippen LogP contribution in [0.15, 0.2) is 59.5 Å². The number of benzene rings is 2. The Hall–Kier alpha value is -2.25. The van der Waals surface area contributed by atoms with Crippen molar-refractivity contribution in [3.63, 3.8) is 0 Å². The number of hydrogen-bond acceptors (Lipinski definition) is 4. The van der Waals surface area contributed by atoms with E-state index in [1.54, 1.807) is 0 Å². The Bertz CT molecular complexity index is 817. The summed E-state index contributed by atoms with van der Waals surface area (Å²) < 4.78 is 27.3. The molecule has 1 aliphatic carbocycles. The normalized spacial score (nSPS) is 14.8. The molecule has 6 nitrogen and oxygen atoms in total. The van der Waals surface area contributed by atoms with Crippen LogP contribution in [0.4, 0.5) is 5.69 Å². The van der Waals surface area contributed by atoms with Gasteiger partial charge in [-0.25, -0.2) is 8.42 Å². The largest absolute Gasteiger partial charge is 0.289 e. The van der Waals surface area contributed by atoms with E-state index >= 15 is 0 Å². The fourth-order valence-electron chi connectivity index (χ4n) is 2.49. The van der Waals surface area contributed by atoms with Crippen molar-refractivity contribution in [1.29, 1.82) is 0 Å². The Morgan fingerprint density at radius 2 is 1.65 bits per heavy atom. The monoisotopic (exact) mass is 332 g/mol. The predicted molar refractivity (Wildman–Crippen MR) is 85.3 cm³/mol. The van der Waals surface area contributed by atoms with E-state index in [9.17, 15) is 18.5 Å². The summed E-state index contributed by atoms with van der Waals surface area (Å²) in [6, 6.07) is 14.7. The molecule has 7 heteroatoms. The summed E-state index contributed by atoms with van der Waals surface area (Å²) in [6.07, 6.45) is 1.57. The van der Waals surface area contributed by atoms with Gasteiger partial charge >= 0.3 is 0 Å². The maximum Gasteiger partial charge on any atom is 0.289 e. The summed E-state index contributed by atoms with van der Waals surface area (Å²) in [5.74, 6) is 0. The van der Waals surface area contributed by atoms with Crippen LogP contribution in [0.3, 0.4) is 0 Å². The minimum Gasteiger partial charge on any atom is -0.258 e. The van der Waals surface area contributed by atoms with Crippen LogP contribution in [0, 0.1) is 10.1 Å². The van der Waals surface area contributed by atoms with E-state index in [0.717, 1.165) is 18.4 Å². The molecule has 0 aliphatic heterocycles. The minimum atomic E-state index is -3.92. The fraction of sp³-hybridized carbons (Fsp3) is 0.250. The van der Waals surface area contributed by atoms with Crippen LogP contribution in [0.2, 0.25) is 0 Å². The second-order valence-corrected chi connectivity index (χ2v) is 7.35. The highest BCUT2D eigenvalue weighted by atomic mass is 32.2. The van der Waals surface area contributed by atoms with Crippen molar-refractivity contribution >= 4 is 15.7 Å². The number of nitro groups is 1. The second-order valence-electron chi connectivity index (χ2n) is 5.49. The topological polar surface area (TPSA) is 80.5 Å². The third-order valence-corrected chi connectivity index (χ3v) is 5.73. The lowest BCUT2D eigenvalue weighted by molar-refractivity contribution is -0.387. The van der Waals surface area contributed by atoms with Crippen molar-refractivity contribution in [1.82, 2.24) is 4.31 Å². The van der Waals surface area contributed by atoms with Gasteiger partial charge in [-0.3, -0.25) is 10.1 Å². The third-order valence-electron chi connectivity index (χ3n) is 3.78. The molecule has 0 aromatic heterocycles. The standard InChI is InChI=1S/C16H16N2O4S/c19-18(20)15-8-4-5-9-16(15)23(21,22)17(14-10-11-14)12-13-6-2-1-3-7-13/h1-9,14H,10-12H2. The Labute approximate surface area is 134 Å². The second kappa shape index (κ2) is 6.10. The van der Waals surface area contributed by atoms with Crippen molar-refractivity contribution < 1.29 is 13.3 Å². The van der Waals surface area contributed by atoms with Crippen molar-refractivity contribution in [2.24, 2.45) is 0 Å². The summed E-state index contributed by atoms with van der Waals surface area (Å²) in [5, 5.41) is 11.2. The number of nitro benzene ring substituents is 1. The summed E-state index contributed by atoms with van der Waals surface area (Å²) >= 11 is 0. The van der Waals surface area contributed by atoms with Crippen LogP contribution in [-0.2, 0) is 16.6 Å². The van der Waals surface area contributed by atoms with Gasteiger partial charge < -0.3 is 0 Å². The molecule has 0 heterocycles. The zero-order valence-electron chi connectivity index (χ0n) is 12.3. The van der Waals surface area contributed by atoms with Gasteiger partial charge in [0.15, 0.2) is 4.90 Å². The number of nitrogens with zero attached hydrogens (tertiary/aromatic N) is 2. The predicted octanol–water partition coefficient (Wildman–Crippen LogP) is 2.95. The molecular weight excluding hydrogens is 316 g/mol. The number of sulfonamides is 1. The molecule has 120 valence electrons. The van der Waals surface area contributed by atoms with E-state index in [0.29, 0.717) is 0 Å². The van der Waals surface area contributed by atoms with Crippen molar-refractivity contribution in [2.45, 2.75) is 30.3 Å². The number of hydrogen-bond donors (Lipinski definition) is 0. The van der Waals surface area contributed by atoms with Crippen LogP contribution >= 0.6 is 0 Å². The lowest BCUT2D eigenvalue weighted by atomic mass is 10.2. The molecule has 2 aromatic carbocycles. The molecule has 0 radical (unpaired) electrons. The Morgan fingerprint density at radius 1 is 1.04 bits per heavy atom. The lowest BCUT2D eigenvalue weighted by Gasteiger charge is -2.22. The van der Waals surface area contributed by atoms with Gasteiger partial charge in [0.1, 0.15) is 0 Å². The van der Waals surface area contributed by atoms with Crippen molar-refractivity contribution in [2.75, 3.05) is 0 Å². The first kappa shape index (κ1) is 15.6.